The number of carbonyl (C=O) groups is 3. The summed E-state index contributed by atoms with van der Waals surface area (Å²) >= 11 is 0. The van der Waals surface area contributed by atoms with Crippen molar-refractivity contribution >= 4 is 23.6 Å². The lowest BCUT2D eigenvalue weighted by molar-refractivity contribution is -0.134. The fourth-order valence-corrected chi connectivity index (χ4v) is 3.42. The number of hydrogen-bond donors (Lipinski definition) is 1. The SMILES string of the molecule is CC(C)(C)OC(=O)N1CCN(c2cccc(C3CCC(=O)NC3=O)c2)CC1. The highest BCUT2D eigenvalue weighted by atomic mass is 16.6. The van der Waals surface area contributed by atoms with Gasteiger partial charge < -0.3 is 14.5 Å². The van der Waals surface area contributed by atoms with E-state index in [1.807, 2.05) is 45.0 Å². The molecule has 1 unspecified atom stereocenters. The van der Waals surface area contributed by atoms with Crippen LogP contribution < -0.4 is 10.2 Å². The molecule has 1 atom stereocenters. The van der Waals surface area contributed by atoms with Crippen molar-refractivity contribution in [3.05, 3.63) is 29.8 Å². The number of benzene rings is 1. The van der Waals surface area contributed by atoms with Crippen LogP contribution in [0.2, 0.25) is 0 Å². The third-order valence-corrected chi connectivity index (χ3v) is 4.81. The van der Waals surface area contributed by atoms with Gasteiger partial charge in [-0.3, -0.25) is 14.9 Å². The molecular weight excluding hydrogens is 346 g/mol. The van der Waals surface area contributed by atoms with E-state index in [-0.39, 0.29) is 23.8 Å². The van der Waals surface area contributed by atoms with Gasteiger partial charge in [-0.05, 0) is 44.9 Å². The molecule has 0 spiro atoms. The van der Waals surface area contributed by atoms with Crippen molar-refractivity contribution in [2.24, 2.45) is 0 Å². The van der Waals surface area contributed by atoms with Crippen LogP contribution in [-0.2, 0) is 14.3 Å². The number of piperazine rings is 1. The van der Waals surface area contributed by atoms with Gasteiger partial charge in [-0.25, -0.2) is 4.79 Å². The standard InChI is InChI=1S/C20H27N3O4/c1-20(2,3)27-19(26)23-11-9-22(10-12-23)15-6-4-5-14(13-15)16-7-8-17(24)21-18(16)25/h4-6,13,16H,7-12H2,1-3H3,(H,21,24,25). The minimum absolute atomic E-state index is 0.203. The molecule has 2 saturated heterocycles. The summed E-state index contributed by atoms with van der Waals surface area (Å²) in [5.41, 5.74) is 1.46. The Bertz CT molecular complexity index is 733. The van der Waals surface area contributed by atoms with Gasteiger partial charge >= 0.3 is 6.09 Å². The van der Waals surface area contributed by atoms with Crippen LogP contribution >= 0.6 is 0 Å². The van der Waals surface area contributed by atoms with E-state index in [0.29, 0.717) is 39.0 Å². The summed E-state index contributed by atoms with van der Waals surface area (Å²) in [6.45, 7) is 8.19. The van der Waals surface area contributed by atoms with Gasteiger partial charge in [0.1, 0.15) is 5.60 Å². The Morgan fingerprint density at radius 1 is 1.15 bits per heavy atom. The molecule has 7 heteroatoms. The number of nitrogens with one attached hydrogen (secondary N) is 1. The third-order valence-electron chi connectivity index (χ3n) is 4.81. The Morgan fingerprint density at radius 2 is 1.85 bits per heavy atom. The molecular formula is C20H27N3O4. The zero-order valence-corrected chi connectivity index (χ0v) is 16.2. The van der Waals surface area contributed by atoms with E-state index in [1.54, 1.807) is 4.90 Å². The lowest BCUT2D eigenvalue weighted by Crippen LogP contribution is -2.50. The summed E-state index contributed by atoms with van der Waals surface area (Å²) in [6, 6.07) is 7.90. The quantitative estimate of drug-likeness (QED) is 0.805. The second-order valence-corrected chi connectivity index (χ2v) is 8.05. The molecule has 7 nitrogen and oxygen atoms in total. The summed E-state index contributed by atoms with van der Waals surface area (Å²) < 4.78 is 5.43. The highest BCUT2D eigenvalue weighted by Gasteiger charge is 2.29. The number of anilines is 1. The Kier molecular flexibility index (Phi) is 5.39. The van der Waals surface area contributed by atoms with Crippen LogP contribution in [0.4, 0.5) is 10.5 Å². The van der Waals surface area contributed by atoms with Crippen LogP contribution in [0, 0.1) is 0 Å². The molecule has 2 aliphatic rings. The maximum Gasteiger partial charge on any atom is 0.410 e. The van der Waals surface area contributed by atoms with Crippen molar-refractivity contribution < 1.29 is 19.1 Å². The average Bonchev–Trinajstić information content (AvgIpc) is 2.60. The Balaban J connectivity index is 1.63. The predicted octanol–water partition coefficient (Wildman–Crippen LogP) is 2.26. The molecule has 1 aromatic carbocycles. The molecule has 146 valence electrons. The molecule has 3 rings (SSSR count). The summed E-state index contributed by atoms with van der Waals surface area (Å²) in [5, 5.41) is 2.41. The Labute approximate surface area is 159 Å². The number of carbonyl (C=O) groups excluding carboxylic acids is 3. The normalized spacial score (nSPS) is 21.1. The maximum absolute atomic E-state index is 12.2. The van der Waals surface area contributed by atoms with Gasteiger partial charge in [0, 0.05) is 38.3 Å². The number of rotatable bonds is 2. The molecule has 27 heavy (non-hydrogen) atoms. The summed E-state index contributed by atoms with van der Waals surface area (Å²) in [5.74, 6) is -0.713. The Morgan fingerprint density at radius 3 is 2.48 bits per heavy atom. The molecule has 2 heterocycles. The number of nitrogens with zero attached hydrogens (tertiary/aromatic N) is 2. The van der Waals surface area contributed by atoms with E-state index in [2.05, 4.69) is 10.2 Å². The van der Waals surface area contributed by atoms with Crippen LogP contribution in [-0.4, -0.2) is 54.6 Å². The molecule has 0 saturated carbocycles. The molecule has 0 aliphatic carbocycles. The van der Waals surface area contributed by atoms with E-state index in [1.165, 1.54) is 0 Å². The lowest BCUT2D eigenvalue weighted by Gasteiger charge is -2.37. The van der Waals surface area contributed by atoms with Crippen molar-refractivity contribution in [2.75, 3.05) is 31.1 Å². The van der Waals surface area contributed by atoms with Crippen molar-refractivity contribution in [2.45, 2.75) is 45.1 Å². The monoisotopic (exact) mass is 373 g/mol. The predicted molar refractivity (Wildman–Crippen MR) is 102 cm³/mol. The molecule has 1 aromatic rings. The molecule has 1 N–H and O–H groups in total. The molecule has 0 bridgehead atoms. The molecule has 3 amide bonds. The summed E-state index contributed by atoms with van der Waals surface area (Å²) in [4.78, 5) is 39.6. The maximum atomic E-state index is 12.2. The fraction of sp³-hybridized carbons (Fsp3) is 0.550. The number of ether oxygens (including phenoxy) is 1. The fourth-order valence-electron chi connectivity index (χ4n) is 3.42. The zero-order chi connectivity index (χ0) is 19.6. The number of hydrogen-bond acceptors (Lipinski definition) is 5. The zero-order valence-electron chi connectivity index (χ0n) is 16.2. The van der Waals surface area contributed by atoms with Gasteiger partial charge in [0.25, 0.3) is 0 Å². The molecule has 0 aromatic heterocycles. The first kappa shape index (κ1) is 19.2. The van der Waals surface area contributed by atoms with Crippen LogP contribution in [0.1, 0.15) is 45.1 Å². The van der Waals surface area contributed by atoms with Crippen molar-refractivity contribution in [1.82, 2.24) is 10.2 Å². The van der Waals surface area contributed by atoms with Crippen molar-refractivity contribution in [1.29, 1.82) is 0 Å². The highest BCUT2D eigenvalue weighted by molar-refractivity contribution is 6.01. The number of amides is 3. The van der Waals surface area contributed by atoms with Crippen LogP contribution in [0.25, 0.3) is 0 Å². The van der Waals surface area contributed by atoms with Gasteiger partial charge in [-0.2, -0.15) is 0 Å². The first-order chi connectivity index (χ1) is 12.7. The summed E-state index contributed by atoms with van der Waals surface area (Å²) in [6.07, 6.45) is 0.634. The second kappa shape index (κ2) is 7.58. The van der Waals surface area contributed by atoms with Crippen LogP contribution in [0.5, 0.6) is 0 Å². The number of piperidine rings is 1. The van der Waals surface area contributed by atoms with Gasteiger partial charge in [0.2, 0.25) is 11.8 Å². The van der Waals surface area contributed by atoms with Gasteiger partial charge in [-0.1, -0.05) is 12.1 Å². The van der Waals surface area contributed by atoms with Crippen molar-refractivity contribution in [3.8, 4) is 0 Å². The first-order valence-electron chi connectivity index (χ1n) is 9.39. The largest absolute Gasteiger partial charge is 0.444 e. The average molecular weight is 373 g/mol. The van der Waals surface area contributed by atoms with Crippen LogP contribution in [0.15, 0.2) is 24.3 Å². The molecule has 0 radical (unpaired) electrons. The van der Waals surface area contributed by atoms with E-state index < -0.39 is 5.60 Å². The van der Waals surface area contributed by atoms with Crippen LogP contribution in [0.3, 0.4) is 0 Å². The van der Waals surface area contributed by atoms with Crippen molar-refractivity contribution in [3.63, 3.8) is 0 Å². The third kappa shape index (κ3) is 4.78. The number of imide groups is 1. The van der Waals surface area contributed by atoms with E-state index in [4.69, 9.17) is 4.74 Å². The van der Waals surface area contributed by atoms with Gasteiger partial charge in [0.05, 0.1) is 5.92 Å². The lowest BCUT2D eigenvalue weighted by atomic mass is 9.90. The van der Waals surface area contributed by atoms with E-state index in [9.17, 15) is 14.4 Å². The smallest absolute Gasteiger partial charge is 0.410 e. The topological polar surface area (TPSA) is 79.0 Å². The van der Waals surface area contributed by atoms with E-state index in [0.717, 1.165) is 11.3 Å². The van der Waals surface area contributed by atoms with Gasteiger partial charge in [0.15, 0.2) is 0 Å². The summed E-state index contributed by atoms with van der Waals surface area (Å²) in [7, 11) is 0. The molecule has 2 aliphatic heterocycles. The van der Waals surface area contributed by atoms with E-state index >= 15 is 0 Å². The second-order valence-electron chi connectivity index (χ2n) is 8.05. The van der Waals surface area contributed by atoms with Gasteiger partial charge in [-0.15, -0.1) is 0 Å². The minimum Gasteiger partial charge on any atom is -0.444 e. The first-order valence-corrected chi connectivity index (χ1v) is 9.39. The molecule has 2 fully saturated rings. The minimum atomic E-state index is -0.496. The highest BCUT2D eigenvalue weighted by Crippen LogP contribution is 2.28. The Hall–Kier alpha value is -2.57.